The fraction of sp³-hybridized carbons (Fsp3) is 0.476. The standard InChI is InChI=1S/C21H21F2N9O9P2S/c22-11-9-3-37-42(34)40-14-10(36-5-21(14,23)32-2-1-8-15(24)26-6-27-16(8)32)4-38-43(35,44)41-13(11)19(39-9)31-7-28-12-17(31)29-20(25)30-18(12)33/h1-2,6-7,9-11,13-14,19H,3-5H2,(H5-,24,25,26,27,29,30,33,35,44)/p+1/t9-,10-,11+,13-,14-,19-,21+,43?/m1/s1. The van der Waals surface area contributed by atoms with Crippen molar-refractivity contribution < 1.29 is 45.8 Å². The molecule has 18 nitrogen and oxygen atoms in total. The third-order valence-corrected chi connectivity index (χ3v) is 9.69. The highest BCUT2D eigenvalue weighted by molar-refractivity contribution is 8.07. The Labute approximate surface area is 249 Å². The average molecular weight is 676 g/mol. The molecule has 9 atom stereocenters. The third-order valence-electron chi connectivity index (χ3n) is 7.38. The molecule has 3 aliphatic heterocycles. The van der Waals surface area contributed by atoms with Crippen molar-refractivity contribution >= 4 is 60.7 Å². The second-order valence-corrected chi connectivity index (χ2v) is 13.7. The van der Waals surface area contributed by atoms with E-state index in [-0.39, 0.29) is 28.6 Å². The van der Waals surface area contributed by atoms with Crippen LogP contribution in [0.1, 0.15) is 6.23 Å². The second-order valence-electron chi connectivity index (χ2n) is 10.0. The summed E-state index contributed by atoms with van der Waals surface area (Å²) in [5.74, 6) is -2.67. The molecule has 7 heterocycles. The molecular formula is C21H22F2N9O9P2S+. The SMILES string of the molecule is Nc1nc2c(ncn2[C@@H]2O[C@@H]3CO[P+](=O)O[C@@H]4[C@@H](COP(O)(=S)O[C@@H]2[C@H]3F)OC[C@]4(F)n2ccc3c(N)ncnc32)c(=O)[nH]1. The Hall–Kier alpha value is -3.10. The van der Waals surface area contributed by atoms with Gasteiger partial charge in [-0.3, -0.25) is 23.4 Å². The van der Waals surface area contributed by atoms with Crippen LogP contribution in [0, 0.1) is 0 Å². The topological polar surface area (TPSA) is 239 Å². The average Bonchev–Trinajstić information content (AvgIpc) is 3.73. The molecule has 44 heavy (non-hydrogen) atoms. The van der Waals surface area contributed by atoms with E-state index in [0.29, 0.717) is 5.39 Å². The number of nitrogens with zero attached hydrogens (tertiary/aromatic N) is 6. The number of aromatic amines is 1. The van der Waals surface area contributed by atoms with Gasteiger partial charge in [-0.1, -0.05) is 0 Å². The Morgan fingerprint density at radius 3 is 2.86 bits per heavy atom. The molecule has 4 aromatic rings. The van der Waals surface area contributed by atoms with Gasteiger partial charge in [0.2, 0.25) is 11.7 Å². The van der Waals surface area contributed by atoms with Gasteiger partial charge in [-0.25, -0.2) is 23.7 Å². The van der Waals surface area contributed by atoms with Gasteiger partial charge < -0.3 is 30.4 Å². The minimum absolute atomic E-state index is 0.0765. The number of hydrogen-bond acceptors (Lipinski definition) is 15. The molecule has 6 N–H and O–H groups in total. The quantitative estimate of drug-likeness (QED) is 0.213. The first-order chi connectivity index (χ1) is 20.9. The monoisotopic (exact) mass is 676 g/mol. The fourth-order valence-corrected chi connectivity index (χ4v) is 7.56. The zero-order valence-electron chi connectivity index (χ0n) is 22.0. The van der Waals surface area contributed by atoms with Gasteiger partial charge >= 0.3 is 15.0 Å². The maximum absolute atomic E-state index is 16.8. The van der Waals surface area contributed by atoms with Gasteiger partial charge in [0.15, 0.2) is 29.7 Å². The van der Waals surface area contributed by atoms with E-state index in [1.165, 1.54) is 16.8 Å². The van der Waals surface area contributed by atoms with Gasteiger partial charge in [-0.2, -0.15) is 4.98 Å². The highest BCUT2D eigenvalue weighted by atomic mass is 32.5. The van der Waals surface area contributed by atoms with Crippen molar-refractivity contribution in [3.63, 3.8) is 0 Å². The molecule has 7 rings (SSSR count). The number of fused-ring (bicyclic) bond motifs is 5. The van der Waals surface area contributed by atoms with Gasteiger partial charge in [0.05, 0.1) is 18.3 Å². The predicted octanol–water partition coefficient (Wildman–Crippen LogP) is 0.677. The Morgan fingerprint density at radius 1 is 1.23 bits per heavy atom. The van der Waals surface area contributed by atoms with E-state index in [9.17, 15) is 14.3 Å². The lowest BCUT2D eigenvalue weighted by Gasteiger charge is -2.27. The van der Waals surface area contributed by atoms with Gasteiger partial charge in [-0.15, -0.1) is 9.05 Å². The van der Waals surface area contributed by atoms with Crippen LogP contribution in [0.4, 0.5) is 20.5 Å². The highest BCUT2D eigenvalue weighted by Gasteiger charge is 2.59. The molecule has 4 aromatic heterocycles. The van der Waals surface area contributed by atoms with Gasteiger partial charge in [-0.05, 0) is 17.9 Å². The van der Waals surface area contributed by atoms with Gasteiger partial charge in [0.25, 0.3) is 5.56 Å². The smallest absolute Gasteiger partial charge is 0.383 e. The second kappa shape index (κ2) is 10.8. The predicted molar refractivity (Wildman–Crippen MR) is 148 cm³/mol. The Morgan fingerprint density at radius 2 is 2.05 bits per heavy atom. The summed E-state index contributed by atoms with van der Waals surface area (Å²) < 4.78 is 81.1. The molecule has 234 valence electrons. The van der Waals surface area contributed by atoms with Crippen LogP contribution in [-0.2, 0) is 49.7 Å². The minimum atomic E-state index is -4.32. The van der Waals surface area contributed by atoms with Crippen LogP contribution in [0.5, 0.6) is 0 Å². The van der Waals surface area contributed by atoms with Gasteiger partial charge in [0.1, 0.15) is 49.3 Å². The molecule has 3 fully saturated rings. The number of alkyl halides is 2. The number of nitrogen functional groups attached to an aromatic ring is 2. The summed E-state index contributed by atoms with van der Waals surface area (Å²) in [6.45, 7) is -6.23. The first-order valence-electron chi connectivity index (χ1n) is 12.8. The Bertz CT molecular complexity index is 1900. The molecule has 23 heteroatoms. The lowest BCUT2D eigenvalue weighted by molar-refractivity contribution is -0.0583. The van der Waals surface area contributed by atoms with Crippen LogP contribution in [0.3, 0.4) is 0 Å². The van der Waals surface area contributed by atoms with Crippen molar-refractivity contribution in [1.82, 2.24) is 34.1 Å². The summed E-state index contributed by atoms with van der Waals surface area (Å²) in [4.78, 5) is 41.5. The molecule has 0 amide bonds. The summed E-state index contributed by atoms with van der Waals surface area (Å²) in [6, 6.07) is 1.49. The van der Waals surface area contributed by atoms with Crippen molar-refractivity contribution in [3.05, 3.63) is 35.3 Å². The van der Waals surface area contributed by atoms with E-state index in [0.717, 1.165) is 17.2 Å². The number of imidazole rings is 1. The molecule has 3 saturated heterocycles. The molecule has 2 unspecified atom stereocenters. The third kappa shape index (κ3) is 4.89. The van der Waals surface area contributed by atoms with Crippen LogP contribution in [0.2, 0.25) is 0 Å². The molecule has 0 aromatic carbocycles. The number of nitrogens with one attached hydrogen (secondary N) is 1. The van der Waals surface area contributed by atoms with Crippen molar-refractivity contribution in [2.24, 2.45) is 0 Å². The molecule has 3 aliphatic rings. The molecule has 2 bridgehead atoms. The number of halogens is 2. The maximum Gasteiger partial charge on any atom is 0.698 e. The maximum atomic E-state index is 16.8. The molecule has 0 saturated carbocycles. The molecule has 0 aliphatic carbocycles. The van der Waals surface area contributed by atoms with Crippen molar-refractivity contribution in [2.75, 3.05) is 31.3 Å². The Kier molecular flexibility index (Phi) is 7.24. The van der Waals surface area contributed by atoms with Crippen molar-refractivity contribution in [2.45, 2.75) is 42.6 Å². The summed E-state index contributed by atoms with van der Waals surface area (Å²) in [5, 5.41) is 0.346. The lowest BCUT2D eigenvalue weighted by Crippen LogP contribution is -2.44. The zero-order chi connectivity index (χ0) is 31.0. The van der Waals surface area contributed by atoms with E-state index < -0.39 is 83.0 Å². The first kappa shape index (κ1) is 29.6. The minimum Gasteiger partial charge on any atom is -0.383 e. The van der Waals surface area contributed by atoms with Crippen molar-refractivity contribution in [1.29, 1.82) is 0 Å². The number of hydrogen-bond donors (Lipinski definition) is 4. The highest BCUT2D eigenvalue weighted by Crippen LogP contribution is 2.52. The van der Waals surface area contributed by atoms with Crippen LogP contribution in [-0.4, -0.2) is 89.4 Å². The first-order valence-corrected chi connectivity index (χ1v) is 16.5. The number of rotatable bonds is 2. The largest absolute Gasteiger partial charge is 0.698 e. The zero-order valence-corrected chi connectivity index (χ0v) is 24.6. The number of H-pyrrole nitrogens is 1. The molecular weight excluding hydrogens is 654 g/mol. The summed E-state index contributed by atoms with van der Waals surface area (Å²) >= 11 is 5.16. The van der Waals surface area contributed by atoms with Crippen LogP contribution >= 0.6 is 15.0 Å². The number of ether oxygens (including phenoxy) is 2. The number of nitrogens with two attached hydrogens (primary N) is 2. The van der Waals surface area contributed by atoms with E-state index in [2.05, 4.69) is 24.9 Å². The van der Waals surface area contributed by atoms with Crippen LogP contribution in [0.25, 0.3) is 22.2 Å². The van der Waals surface area contributed by atoms with Crippen molar-refractivity contribution in [3.8, 4) is 0 Å². The summed E-state index contributed by atoms with van der Waals surface area (Å²) in [6.07, 6.45) is -5.93. The molecule has 0 spiro atoms. The van der Waals surface area contributed by atoms with Gasteiger partial charge in [0, 0.05) is 10.8 Å². The van der Waals surface area contributed by atoms with E-state index in [1.54, 1.807) is 0 Å². The fourth-order valence-electron chi connectivity index (χ4n) is 5.34. The summed E-state index contributed by atoms with van der Waals surface area (Å²) in [5.41, 5.74) is 10.8. The van der Waals surface area contributed by atoms with Crippen LogP contribution < -0.4 is 17.0 Å². The number of anilines is 2. The number of aromatic nitrogens is 7. The van der Waals surface area contributed by atoms with E-state index >= 15 is 8.78 Å². The van der Waals surface area contributed by atoms with Crippen LogP contribution in [0.15, 0.2) is 29.7 Å². The molecule has 0 radical (unpaired) electrons. The lowest BCUT2D eigenvalue weighted by atomic mass is 10.1. The summed E-state index contributed by atoms with van der Waals surface area (Å²) in [7, 11) is -3.12. The Balaban J connectivity index is 1.21. The normalized spacial score (nSPS) is 35.8. The van der Waals surface area contributed by atoms with E-state index in [4.69, 9.17) is 50.8 Å². The van der Waals surface area contributed by atoms with E-state index in [1.807, 2.05) is 0 Å².